The van der Waals surface area contributed by atoms with Gasteiger partial charge in [0.15, 0.2) is 0 Å². The van der Waals surface area contributed by atoms with E-state index in [-0.39, 0.29) is 5.91 Å². The summed E-state index contributed by atoms with van der Waals surface area (Å²) in [4.78, 5) is 37.0. The summed E-state index contributed by atoms with van der Waals surface area (Å²) in [5.41, 5.74) is 2.33. The van der Waals surface area contributed by atoms with Crippen LogP contribution in [0, 0.1) is 0 Å². The Hall–Kier alpha value is -3.75. The number of carbonyl (C=O) groups is 1. The number of benzene rings is 1. The fourth-order valence-electron chi connectivity index (χ4n) is 4.50. The normalized spacial score (nSPS) is 16.4. The van der Waals surface area contributed by atoms with Crippen molar-refractivity contribution in [2.45, 2.75) is 19.3 Å². The Morgan fingerprint density at radius 3 is 2.12 bits per heavy atom. The van der Waals surface area contributed by atoms with Crippen molar-refractivity contribution in [3.05, 3.63) is 54.7 Å². The van der Waals surface area contributed by atoms with Crippen LogP contribution in [0.25, 0.3) is 11.3 Å². The Labute approximate surface area is 199 Å². The zero-order valence-electron chi connectivity index (χ0n) is 19.4. The minimum Gasteiger partial charge on any atom is -0.497 e. The number of ether oxygens (including phenoxy) is 1. The third-order valence-electron chi connectivity index (χ3n) is 6.48. The maximum absolute atomic E-state index is 13.1. The summed E-state index contributed by atoms with van der Waals surface area (Å²) in [6, 6.07) is 11.7. The van der Waals surface area contributed by atoms with Crippen molar-refractivity contribution in [3.63, 3.8) is 0 Å². The number of amides is 1. The molecule has 2 aliphatic rings. The van der Waals surface area contributed by atoms with Crippen LogP contribution in [-0.2, 0) is 0 Å². The molecule has 3 aromatic rings. The summed E-state index contributed by atoms with van der Waals surface area (Å²) in [5.74, 6) is 2.48. The van der Waals surface area contributed by atoms with Crippen LogP contribution in [0.2, 0.25) is 0 Å². The highest BCUT2D eigenvalue weighted by Gasteiger charge is 2.25. The first-order valence-electron chi connectivity index (χ1n) is 11.8. The van der Waals surface area contributed by atoms with Gasteiger partial charge in [0.05, 0.1) is 12.8 Å². The van der Waals surface area contributed by atoms with Crippen molar-refractivity contribution < 1.29 is 9.53 Å². The standard InChI is InChI=1S/C25H29N7O2/c1-34-20-7-5-19(6-8-20)21-15-23(28-17-26-21)31-11-13-32(14-12-31)25(33)22-16-24(29-18-27-22)30-9-3-2-4-10-30/h5-8,15-18H,2-4,9-14H2,1H3. The van der Waals surface area contributed by atoms with E-state index >= 15 is 0 Å². The van der Waals surface area contributed by atoms with Gasteiger partial charge in [-0.2, -0.15) is 0 Å². The molecule has 0 radical (unpaired) electrons. The number of nitrogens with zero attached hydrogens (tertiary/aromatic N) is 7. The van der Waals surface area contributed by atoms with Gasteiger partial charge in [-0.05, 0) is 43.5 Å². The molecule has 9 heteroatoms. The highest BCUT2D eigenvalue weighted by molar-refractivity contribution is 5.93. The molecule has 0 atom stereocenters. The second kappa shape index (κ2) is 10.0. The van der Waals surface area contributed by atoms with Crippen LogP contribution in [0.15, 0.2) is 49.1 Å². The number of carbonyl (C=O) groups excluding carboxylic acids is 1. The summed E-state index contributed by atoms with van der Waals surface area (Å²) in [6.07, 6.45) is 6.69. The number of piperazine rings is 1. The fraction of sp³-hybridized carbons (Fsp3) is 0.400. The predicted octanol–water partition coefficient (Wildman–Crippen LogP) is 2.89. The molecule has 1 aromatic carbocycles. The maximum atomic E-state index is 13.1. The van der Waals surface area contributed by atoms with Crippen LogP contribution in [0.3, 0.4) is 0 Å². The Balaban J connectivity index is 1.23. The number of methoxy groups -OCH3 is 1. The lowest BCUT2D eigenvalue weighted by Gasteiger charge is -2.35. The minimum atomic E-state index is -0.0399. The monoisotopic (exact) mass is 459 g/mol. The smallest absolute Gasteiger partial charge is 0.272 e. The molecule has 34 heavy (non-hydrogen) atoms. The van der Waals surface area contributed by atoms with Crippen molar-refractivity contribution in [2.75, 3.05) is 56.2 Å². The molecule has 4 heterocycles. The van der Waals surface area contributed by atoms with Crippen LogP contribution in [0.4, 0.5) is 11.6 Å². The Morgan fingerprint density at radius 2 is 1.41 bits per heavy atom. The van der Waals surface area contributed by atoms with Gasteiger partial charge in [-0.3, -0.25) is 4.79 Å². The Morgan fingerprint density at radius 1 is 0.765 bits per heavy atom. The molecule has 2 fully saturated rings. The first-order valence-corrected chi connectivity index (χ1v) is 11.8. The lowest BCUT2D eigenvalue weighted by Crippen LogP contribution is -2.49. The third kappa shape index (κ3) is 4.78. The second-order valence-electron chi connectivity index (χ2n) is 8.58. The van der Waals surface area contributed by atoms with E-state index in [2.05, 4.69) is 29.7 Å². The molecule has 5 rings (SSSR count). The predicted molar refractivity (Wildman–Crippen MR) is 130 cm³/mol. The summed E-state index contributed by atoms with van der Waals surface area (Å²) in [7, 11) is 1.65. The molecule has 176 valence electrons. The van der Waals surface area contributed by atoms with Gasteiger partial charge in [0.25, 0.3) is 5.91 Å². The summed E-state index contributed by atoms with van der Waals surface area (Å²) < 4.78 is 5.24. The Kier molecular flexibility index (Phi) is 6.51. The zero-order valence-corrected chi connectivity index (χ0v) is 19.4. The van der Waals surface area contributed by atoms with Gasteiger partial charge >= 0.3 is 0 Å². The quantitative estimate of drug-likeness (QED) is 0.576. The molecule has 2 saturated heterocycles. The largest absolute Gasteiger partial charge is 0.497 e. The maximum Gasteiger partial charge on any atom is 0.272 e. The van der Waals surface area contributed by atoms with Crippen molar-refractivity contribution >= 4 is 17.5 Å². The molecule has 0 unspecified atom stereocenters. The molecule has 1 amide bonds. The van der Waals surface area contributed by atoms with Gasteiger partial charge < -0.3 is 19.4 Å². The third-order valence-corrected chi connectivity index (χ3v) is 6.48. The van der Waals surface area contributed by atoms with Gasteiger partial charge in [-0.1, -0.05) is 0 Å². The van der Waals surface area contributed by atoms with Crippen molar-refractivity contribution in [1.29, 1.82) is 0 Å². The van der Waals surface area contributed by atoms with Crippen LogP contribution in [0.1, 0.15) is 29.8 Å². The van der Waals surface area contributed by atoms with E-state index < -0.39 is 0 Å². The fourth-order valence-corrected chi connectivity index (χ4v) is 4.50. The molecular weight excluding hydrogens is 430 g/mol. The number of anilines is 2. The first-order chi connectivity index (χ1) is 16.7. The van der Waals surface area contributed by atoms with Crippen molar-refractivity contribution in [1.82, 2.24) is 24.8 Å². The average molecular weight is 460 g/mol. The topological polar surface area (TPSA) is 87.6 Å². The van der Waals surface area contributed by atoms with Crippen molar-refractivity contribution in [2.24, 2.45) is 0 Å². The highest BCUT2D eigenvalue weighted by atomic mass is 16.5. The lowest BCUT2D eigenvalue weighted by molar-refractivity contribution is 0.0740. The molecule has 2 aromatic heterocycles. The van der Waals surface area contributed by atoms with E-state index in [4.69, 9.17) is 4.74 Å². The molecule has 2 aliphatic heterocycles. The van der Waals surface area contributed by atoms with E-state index in [9.17, 15) is 4.79 Å². The average Bonchev–Trinajstić information content (AvgIpc) is 2.93. The van der Waals surface area contributed by atoms with Gasteiger partial charge in [-0.25, -0.2) is 19.9 Å². The van der Waals surface area contributed by atoms with E-state index in [1.54, 1.807) is 13.4 Å². The van der Waals surface area contributed by atoms with Gasteiger partial charge in [0, 0.05) is 57.0 Å². The van der Waals surface area contributed by atoms with Gasteiger partial charge in [-0.15, -0.1) is 0 Å². The SMILES string of the molecule is COc1ccc(-c2cc(N3CCN(C(=O)c4cc(N5CCCCC5)ncn4)CC3)ncn2)cc1. The Bertz CT molecular complexity index is 1120. The summed E-state index contributed by atoms with van der Waals surface area (Å²) in [5, 5.41) is 0. The molecule has 0 saturated carbocycles. The zero-order chi connectivity index (χ0) is 23.3. The van der Waals surface area contributed by atoms with Crippen LogP contribution in [-0.4, -0.2) is 77.1 Å². The molecule has 0 bridgehead atoms. The van der Waals surface area contributed by atoms with E-state index in [1.807, 2.05) is 41.3 Å². The first kappa shape index (κ1) is 22.1. The number of hydrogen-bond donors (Lipinski definition) is 0. The van der Waals surface area contributed by atoms with E-state index in [0.29, 0.717) is 31.9 Å². The van der Waals surface area contributed by atoms with Crippen LogP contribution in [0.5, 0.6) is 5.75 Å². The van der Waals surface area contributed by atoms with Crippen molar-refractivity contribution in [3.8, 4) is 17.0 Å². The van der Waals surface area contributed by atoms with Gasteiger partial charge in [0.1, 0.15) is 35.7 Å². The second-order valence-corrected chi connectivity index (χ2v) is 8.58. The lowest BCUT2D eigenvalue weighted by atomic mass is 10.1. The number of rotatable bonds is 5. The van der Waals surface area contributed by atoms with Crippen LogP contribution >= 0.6 is 0 Å². The number of piperidine rings is 1. The van der Waals surface area contributed by atoms with Crippen LogP contribution < -0.4 is 14.5 Å². The highest BCUT2D eigenvalue weighted by Crippen LogP contribution is 2.24. The molecule has 9 nitrogen and oxygen atoms in total. The number of hydrogen-bond acceptors (Lipinski definition) is 8. The molecular formula is C25H29N7O2. The van der Waals surface area contributed by atoms with Gasteiger partial charge in [0.2, 0.25) is 0 Å². The van der Waals surface area contributed by atoms with E-state index in [0.717, 1.165) is 41.7 Å². The van der Waals surface area contributed by atoms with E-state index in [1.165, 1.54) is 25.6 Å². The molecule has 0 spiro atoms. The molecule has 0 aliphatic carbocycles. The minimum absolute atomic E-state index is 0.0399. The molecule has 0 N–H and O–H groups in total. The summed E-state index contributed by atoms with van der Waals surface area (Å²) >= 11 is 0. The number of aromatic nitrogens is 4. The summed E-state index contributed by atoms with van der Waals surface area (Å²) in [6.45, 7) is 4.61.